The highest BCUT2D eigenvalue weighted by Gasteiger charge is 2.23. The molecule has 0 spiro atoms. The molecule has 0 saturated heterocycles. The summed E-state index contributed by atoms with van der Waals surface area (Å²) in [7, 11) is 0. The maximum atomic E-state index is 5.91. The molecule has 1 heteroatoms. The summed E-state index contributed by atoms with van der Waals surface area (Å²) < 4.78 is 5.91. The van der Waals surface area contributed by atoms with Gasteiger partial charge in [-0.2, -0.15) is 0 Å². The lowest BCUT2D eigenvalue weighted by molar-refractivity contribution is 0.302. The van der Waals surface area contributed by atoms with Crippen LogP contribution in [0.1, 0.15) is 112 Å². The lowest BCUT2D eigenvalue weighted by atomic mass is 9.76. The summed E-state index contributed by atoms with van der Waals surface area (Å²) in [5, 5.41) is 0. The van der Waals surface area contributed by atoms with Gasteiger partial charge >= 0.3 is 0 Å². The SMILES string of the molecule is CCCCCC1CCC(c2ccc(CCc3ccc(OCCCC)c(C)c3)cc2C)CC1. The number of hydrogen-bond donors (Lipinski definition) is 0. The van der Waals surface area contributed by atoms with Gasteiger partial charge in [-0.25, -0.2) is 0 Å². The zero-order chi connectivity index (χ0) is 22.8. The lowest BCUT2D eigenvalue weighted by Crippen LogP contribution is -2.14. The molecule has 1 saturated carbocycles. The molecular weight excluding hydrogens is 388 g/mol. The van der Waals surface area contributed by atoms with E-state index < -0.39 is 0 Å². The highest BCUT2D eigenvalue weighted by atomic mass is 16.5. The monoisotopic (exact) mass is 434 g/mol. The third kappa shape index (κ3) is 7.39. The van der Waals surface area contributed by atoms with Gasteiger partial charge in [0.25, 0.3) is 0 Å². The van der Waals surface area contributed by atoms with Gasteiger partial charge in [0.1, 0.15) is 5.75 Å². The van der Waals surface area contributed by atoms with Gasteiger partial charge < -0.3 is 4.74 Å². The highest BCUT2D eigenvalue weighted by Crippen LogP contribution is 2.39. The van der Waals surface area contributed by atoms with Crippen molar-refractivity contribution in [3.8, 4) is 5.75 Å². The fourth-order valence-electron chi connectivity index (χ4n) is 5.44. The van der Waals surface area contributed by atoms with E-state index >= 15 is 0 Å². The first-order chi connectivity index (χ1) is 15.6. The van der Waals surface area contributed by atoms with E-state index in [0.29, 0.717) is 0 Å². The van der Waals surface area contributed by atoms with Crippen molar-refractivity contribution in [2.24, 2.45) is 5.92 Å². The first-order valence-corrected chi connectivity index (χ1v) is 13.4. The molecular formula is C31H46O. The number of ether oxygens (including phenoxy) is 1. The molecule has 1 aliphatic rings. The molecule has 0 atom stereocenters. The maximum absolute atomic E-state index is 5.91. The largest absolute Gasteiger partial charge is 0.493 e. The molecule has 0 bridgehead atoms. The quantitative estimate of drug-likeness (QED) is 0.303. The van der Waals surface area contributed by atoms with E-state index in [1.54, 1.807) is 5.56 Å². The molecule has 2 aromatic rings. The standard InChI is InChI=1S/C31H46O/c1-5-7-9-10-26-13-17-29(18-14-26)30-19-15-27(22-24(30)3)11-12-28-16-20-31(25(4)23-28)32-21-8-6-2/h15-16,19-20,22-23,26,29H,5-14,17-18,21H2,1-4H3. The van der Waals surface area contributed by atoms with Crippen LogP contribution in [0.2, 0.25) is 0 Å². The number of benzene rings is 2. The summed E-state index contributed by atoms with van der Waals surface area (Å²) in [6.45, 7) is 9.84. The van der Waals surface area contributed by atoms with Crippen molar-refractivity contribution in [1.29, 1.82) is 0 Å². The Morgan fingerprint density at radius 2 is 1.41 bits per heavy atom. The second-order valence-corrected chi connectivity index (χ2v) is 10.2. The van der Waals surface area contributed by atoms with E-state index in [0.717, 1.165) is 43.5 Å². The number of rotatable bonds is 12. The van der Waals surface area contributed by atoms with Crippen LogP contribution in [0.25, 0.3) is 0 Å². The van der Waals surface area contributed by atoms with Crippen LogP contribution in [0.5, 0.6) is 5.75 Å². The van der Waals surface area contributed by atoms with Crippen molar-refractivity contribution in [2.45, 2.75) is 111 Å². The molecule has 0 amide bonds. The number of aryl methyl sites for hydroxylation is 4. The van der Waals surface area contributed by atoms with E-state index in [1.807, 2.05) is 0 Å². The van der Waals surface area contributed by atoms with E-state index in [-0.39, 0.29) is 0 Å². The van der Waals surface area contributed by atoms with Crippen LogP contribution in [0, 0.1) is 19.8 Å². The zero-order valence-electron chi connectivity index (χ0n) is 21.2. The molecule has 32 heavy (non-hydrogen) atoms. The van der Waals surface area contributed by atoms with Gasteiger partial charge in [-0.3, -0.25) is 0 Å². The third-order valence-electron chi connectivity index (χ3n) is 7.53. The Labute approximate surface area is 198 Å². The summed E-state index contributed by atoms with van der Waals surface area (Å²) in [5.41, 5.74) is 7.27. The van der Waals surface area contributed by atoms with Gasteiger partial charge in [0, 0.05) is 0 Å². The molecule has 1 fully saturated rings. The molecule has 0 heterocycles. The van der Waals surface area contributed by atoms with Crippen molar-refractivity contribution in [3.05, 3.63) is 64.2 Å². The predicted molar refractivity (Wildman–Crippen MR) is 139 cm³/mol. The molecule has 0 radical (unpaired) electrons. The van der Waals surface area contributed by atoms with Crippen molar-refractivity contribution >= 4 is 0 Å². The Morgan fingerprint density at radius 3 is 2.03 bits per heavy atom. The third-order valence-corrected chi connectivity index (χ3v) is 7.53. The Morgan fingerprint density at radius 1 is 0.750 bits per heavy atom. The summed E-state index contributed by atoms with van der Waals surface area (Å²) in [6.07, 6.45) is 15.8. The first kappa shape index (κ1) is 24.9. The van der Waals surface area contributed by atoms with Gasteiger partial charge in [-0.05, 0) is 105 Å². The van der Waals surface area contributed by atoms with Crippen LogP contribution in [0.4, 0.5) is 0 Å². The van der Waals surface area contributed by atoms with E-state index in [9.17, 15) is 0 Å². The Hall–Kier alpha value is -1.76. The Kier molecular flexibility index (Phi) is 10.2. The second kappa shape index (κ2) is 13.1. The minimum Gasteiger partial charge on any atom is -0.493 e. The van der Waals surface area contributed by atoms with Crippen molar-refractivity contribution in [1.82, 2.24) is 0 Å². The van der Waals surface area contributed by atoms with Crippen LogP contribution in [-0.4, -0.2) is 6.61 Å². The fraction of sp³-hybridized carbons (Fsp3) is 0.613. The Balaban J connectivity index is 1.50. The Bertz CT molecular complexity index is 813. The lowest BCUT2D eigenvalue weighted by Gasteiger charge is -2.30. The molecule has 2 aromatic carbocycles. The normalized spacial score (nSPS) is 18.6. The van der Waals surface area contributed by atoms with Crippen molar-refractivity contribution < 1.29 is 4.74 Å². The molecule has 0 aromatic heterocycles. The molecule has 0 unspecified atom stereocenters. The first-order valence-electron chi connectivity index (χ1n) is 13.4. The van der Waals surface area contributed by atoms with Crippen LogP contribution >= 0.6 is 0 Å². The number of unbranched alkanes of at least 4 members (excludes halogenated alkanes) is 3. The van der Waals surface area contributed by atoms with Gasteiger partial charge in [0.05, 0.1) is 6.61 Å². The van der Waals surface area contributed by atoms with Crippen molar-refractivity contribution in [3.63, 3.8) is 0 Å². The smallest absolute Gasteiger partial charge is 0.122 e. The van der Waals surface area contributed by atoms with Gasteiger partial charge in [-0.15, -0.1) is 0 Å². The average molecular weight is 435 g/mol. The molecule has 3 rings (SSSR count). The topological polar surface area (TPSA) is 9.23 Å². The summed E-state index contributed by atoms with van der Waals surface area (Å²) in [6, 6.07) is 14.0. The van der Waals surface area contributed by atoms with Gasteiger partial charge in [0.15, 0.2) is 0 Å². The summed E-state index contributed by atoms with van der Waals surface area (Å²) in [5.74, 6) is 2.82. The molecule has 1 nitrogen and oxygen atoms in total. The minimum atomic E-state index is 0.786. The van der Waals surface area contributed by atoms with Crippen molar-refractivity contribution in [2.75, 3.05) is 6.61 Å². The highest BCUT2D eigenvalue weighted by molar-refractivity contribution is 5.38. The van der Waals surface area contributed by atoms with Crippen LogP contribution in [-0.2, 0) is 12.8 Å². The summed E-state index contributed by atoms with van der Waals surface area (Å²) in [4.78, 5) is 0. The molecule has 1 aliphatic carbocycles. The van der Waals surface area contributed by atoms with E-state index in [2.05, 4.69) is 64.1 Å². The average Bonchev–Trinajstić information content (AvgIpc) is 2.80. The van der Waals surface area contributed by atoms with Crippen LogP contribution in [0.15, 0.2) is 36.4 Å². The number of hydrogen-bond acceptors (Lipinski definition) is 1. The molecule has 176 valence electrons. The summed E-state index contributed by atoms with van der Waals surface area (Å²) >= 11 is 0. The predicted octanol–water partition coefficient (Wildman–Crippen LogP) is 9.12. The van der Waals surface area contributed by atoms with E-state index in [1.165, 1.54) is 80.0 Å². The van der Waals surface area contributed by atoms with Crippen LogP contribution < -0.4 is 4.74 Å². The second-order valence-electron chi connectivity index (χ2n) is 10.2. The maximum Gasteiger partial charge on any atom is 0.122 e. The van der Waals surface area contributed by atoms with Crippen LogP contribution in [0.3, 0.4) is 0 Å². The molecule has 0 aliphatic heterocycles. The zero-order valence-corrected chi connectivity index (χ0v) is 21.2. The van der Waals surface area contributed by atoms with E-state index in [4.69, 9.17) is 4.74 Å². The fourth-order valence-corrected chi connectivity index (χ4v) is 5.44. The van der Waals surface area contributed by atoms with Gasteiger partial charge in [0.2, 0.25) is 0 Å². The van der Waals surface area contributed by atoms with Gasteiger partial charge in [-0.1, -0.05) is 76.3 Å². The minimum absolute atomic E-state index is 0.786. The molecule has 0 N–H and O–H groups in total.